The predicted molar refractivity (Wildman–Crippen MR) is 80.1 cm³/mol. The summed E-state index contributed by atoms with van der Waals surface area (Å²) in [7, 11) is 4.16. The second kappa shape index (κ2) is 4.94. The third-order valence-corrected chi connectivity index (χ3v) is 4.12. The van der Waals surface area contributed by atoms with Crippen molar-refractivity contribution in [1.29, 1.82) is 0 Å². The van der Waals surface area contributed by atoms with Crippen molar-refractivity contribution in [2.75, 3.05) is 13.6 Å². The zero-order valence-corrected chi connectivity index (χ0v) is 12.6. The molecule has 4 heteroatoms. The molecule has 0 unspecified atom stereocenters. The zero-order chi connectivity index (χ0) is 14.2. The molecule has 0 aliphatic rings. The number of aromatic nitrogens is 2. The van der Waals surface area contributed by atoms with Gasteiger partial charge in [-0.05, 0) is 45.5 Å². The van der Waals surface area contributed by atoms with E-state index in [4.69, 9.17) is 5.73 Å². The van der Waals surface area contributed by atoms with Gasteiger partial charge in [0, 0.05) is 25.7 Å². The van der Waals surface area contributed by atoms with E-state index >= 15 is 0 Å². The van der Waals surface area contributed by atoms with Crippen LogP contribution in [0.25, 0.3) is 11.0 Å². The lowest BCUT2D eigenvalue weighted by Crippen LogP contribution is -2.46. The van der Waals surface area contributed by atoms with E-state index in [1.807, 2.05) is 14.0 Å². The first-order valence-electron chi connectivity index (χ1n) is 6.68. The number of aryl methyl sites for hydroxylation is 2. The van der Waals surface area contributed by atoms with Crippen molar-refractivity contribution in [1.82, 2.24) is 14.5 Å². The highest BCUT2D eigenvalue weighted by atomic mass is 15.2. The molecule has 1 aromatic heterocycles. The second-order valence-electron chi connectivity index (χ2n) is 5.91. The molecule has 4 nitrogen and oxygen atoms in total. The molecule has 0 spiro atoms. The fourth-order valence-corrected chi connectivity index (χ4v) is 2.11. The van der Waals surface area contributed by atoms with Crippen LogP contribution in [0.4, 0.5) is 0 Å². The molecule has 0 amide bonds. The van der Waals surface area contributed by atoms with E-state index in [9.17, 15) is 0 Å². The minimum absolute atomic E-state index is 0.00892. The van der Waals surface area contributed by atoms with Gasteiger partial charge in [0.2, 0.25) is 0 Å². The highest BCUT2D eigenvalue weighted by Gasteiger charge is 2.21. The summed E-state index contributed by atoms with van der Waals surface area (Å²) in [6, 6.07) is 6.49. The lowest BCUT2D eigenvalue weighted by molar-refractivity contribution is 0.156. The smallest absolute Gasteiger partial charge is 0.106 e. The monoisotopic (exact) mass is 260 g/mol. The largest absolute Gasteiger partial charge is 0.331 e. The predicted octanol–water partition coefficient (Wildman–Crippen LogP) is 2.05. The Bertz CT molecular complexity index is 583. The van der Waals surface area contributed by atoms with Crippen LogP contribution in [0.1, 0.15) is 25.2 Å². The molecule has 2 N–H and O–H groups in total. The summed E-state index contributed by atoms with van der Waals surface area (Å²) in [6.07, 6.45) is 0. The highest BCUT2D eigenvalue weighted by molar-refractivity contribution is 5.76. The van der Waals surface area contributed by atoms with Crippen molar-refractivity contribution >= 4 is 11.0 Å². The fraction of sp³-hybridized carbons (Fsp3) is 0.533. The summed E-state index contributed by atoms with van der Waals surface area (Å²) >= 11 is 0. The first kappa shape index (κ1) is 14.0. The number of rotatable bonds is 4. The molecule has 0 saturated heterocycles. The summed E-state index contributed by atoms with van der Waals surface area (Å²) in [6.45, 7) is 7.89. The summed E-state index contributed by atoms with van der Waals surface area (Å²) in [5, 5.41) is 0. The van der Waals surface area contributed by atoms with Crippen molar-refractivity contribution in [3.8, 4) is 0 Å². The van der Waals surface area contributed by atoms with Crippen LogP contribution in [-0.4, -0.2) is 33.6 Å². The van der Waals surface area contributed by atoms with Gasteiger partial charge in [0.05, 0.1) is 11.0 Å². The van der Waals surface area contributed by atoms with Crippen LogP contribution >= 0.6 is 0 Å². The van der Waals surface area contributed by atoms with Gasteiger partial charge < -0.3 is 10.3 Å². The van der Waals surface area contributed by atoms with E-state index in [1.54, 1.807) is 0 Å². The third kappa shape index (κ3) is 2.65. The van der Waals surface area contributed by atoms with Gasteiger partial charge in [-0.15, -0.1) is 0 Å². The minimum Gasteiger partial charge on any atom is -0.331 e. The molecule has 2 rings (SSSR count). The Morgan fingerprint density at radius 2 is 2.05 bits per heavy atom. The van der Waals surface area contributed by atoms with Crippen molar-refractivity contribution in [2.45, 2.75) is 32.9 Å². The van der Waals surface area contributed by atoms with E-state index in [0.717, 1.165) is 17.9 Å². The van der Waals surface area contributed by atoms with Gasteiger partial charge in [-0.1, -0.05) is 6.07 Å². The van der Waals surface area contributed by atoms with Gasteiger partial charge in [-0.25, -0.2) is 4.98 Å². The number of imidazole rings is 1. The molecule has 0 aliphatic heterocycles. The summed E-state index contributed by atoms with van der Waals surface area (Å²) in [4.78, 5) is 6.86. The van der Waals surface area contributed by atoms with E-state index in [2.05, 4.69) is 53.5 Å². The molecule has 0 bridgehead atoms. The SMILES string of the molecule is Cc1nc2cc(CN(C)C(C)(C)CN)ccc2n1C. The normalized spacial score (nSPS) is 12.6. The maximum Gasteiger partial charge on any atom is 0.106 e. The molecular weight excluding hydrogens is 236 g/mol. The lowest BCUT2D eigenvalue weighted by Gasteiger charge is -2.34. The van der Waals surface area contributed by atoms with E-state index in [-0.39, 0.29) is 5.54 Å². The molecule has 104 valence electrons. The van der Waals surface area contributed by atoms with Gasteiger partial charge in [0.1, 0.15) is 5.82 Å². The Hall–Kier alpha value is -1.39. The van der Waals surface area contributed by atoms with Gasteiger partial charge in [0.25, 0.3) is 0 Å². The fourth-order valence-electron chi connectivity index (χ4n) is 2.11. The number of hydrogen-bond donors (Lipinski definition) is 1. The Morgan fingerprint density at radius 1 is 1.37 bits per heavy atom. The maximum absolute atomic E-state index is 5.82. The Morgan fingerprint density at radius 3 is 2.68 bits per heavy atom. The Labute approximate surface area is 115 Å². The molecule has 0 radical (unpaired) electrons. The van der Waals surface area contributed by atoms with E-state index in [1.165, 1.54) is 11.1 Å². The molecular formula is C15H24N4. The Kier molecular flexibility index (Phi) is 3.65. The number of nitrogens with zero attached hydrogens (tertiary/aromatic N) is 3. The van der Waals surface area contributed by atoms with E-state index < -0.39 is 0 Å². The van der Waals surface area contributed by atoms with Crippen molar-refractivity contribution in [2.24, 2.45) is 12.8 Å². The number of nitrogens with two attached hydrogens (primary N) is 1. The molecule has 1 aromatic carbocycles. The van der Waals surface area contributed by atoms with Gasteiger partial charge in [-0.3, -0.25) is 4.90 Å². The van der Waals surface area contributed by atoms with Crippen molar-refractivity contribution in [3.05, 3.63) is 29.6 Å². The summed E-state index contributed by atoms with van der Waals surface area (Å²) < 4.78 is 2.12. The van der Waals surface area contributed by atoms with Crippen LogP contribution in [0, 0.1) is 6.92 Å². The Balaban J connectivity index is 2.27. The number of fused-ring (bicyclic) bond motifs is 1. The number of benzene rings is 1. The van der Waals surface area contributed by atoms with Crippen LogP contribution in [0.2, 0.25) is 0 Å². The average molecular weight is 260 g/mol. The van der Waals surface area contributed by atoms with Crippen molar-refractivity contribution in [3.63, 3.8) is 0 Å². The maximum atomic E-state index is 5.82. The third-order valence-electron chi connectivity index (χ3n) is 4.12. The molecule has 0 saturated carbocycles. The van der Waals surface area contributed by atoms with Gasteiger partial charge in [0.15, 0.2) is 0 Å². The number of likely N-dealkylation sites (N-methyl/N-ethyl adjacent to an activating group) is 1. The van der Waals surface area contributed by atoms with Crippen LogP contribution < -0.4 is 5.73 Å². The second-order valence-corrected chi connectivity index (χ2v) is 5.91. The molecule has 1 heterocycles. The lowest BCUT2D eigenvalue weighted by atomic mass is 10.0. The van der Waals surface area contributed by atoms with E-state index in [0.29, 0.717) is 6.54 Å². The summed E-state index contributed by atoms with van der Waals surface area (Å²) in [5.41, 5.74) is 9.35. The van der Waals surface area contributed by atoms with Crippen molar-refractivity contribution < 1.29 is 0 Å². The topological polar surface area (TPSA) is 47.1 Å². The average Bonchev–Trinajstić information content (AvgIpc) is 2.64. The molecule has 0 aliphatic carbocycles. The van der Waals surface area contributed by atoms with Gasteiger partial charge in [-0.2, -0.15) is 0 Å². The van der Waals surface area contributed by atoms with Crippen LogP contribution in [0.5, 0.6) is 0 Å². The van der Waals surface area contributed by atoms with Crippen LogP contribution in [0.3, 0.4) is 0 Å². The first-order chi connectivity index (χ1) is 8.85. The standard InChI is InChI=1S/C15H24N4/c1-11-17-13-8-12(6-7-14(13)19(11)5)9-18(4)15(2,3)10-16/h6-8H,9-10,16H2,1-5H3. The summed E-state index contributed by atoms with van der Waals surface area (Å²) in [5.74, 6) is 1.04. The molecule has 0 fully saturated rings. The zero-order valence-electron chi connectivity index (χ0n) is 12.6. The highest BCUT2D eigenvalue weighted by Crippen LogP contribution is 2.19. The minimum atomic E-state index is 0.00892. The molecule has 2 aromatic rings. The first-order valence-corrected chi connectivity index (χ1v) is 6.68. The van der Waals surface area contributed by atoms with Crippen LogP contribution in [-0.2, 0) is 13.6 Å². The quantitative estimate of drug-likeness (QED) is 0.915. The molecule has 0 atom stereocenters. The number of hydrogen-bond acceptors (Lipinski definition) is 3. The molecule has 19 heavy (non-hydrogen) atoms. The van der Waals surface area contributed by atoms with Crippen LogP contribution in [0.15, 0.2) is 18.2 Å². The van der Waals surface area contributed by atoms with Gasteiger partial charge >= 0.3 is 0 Å².